The maximum absolute atomic E-state index is 13.1. The lowest BCUT2D eigenvalue weighted by Crippen LogP contribution is -2.03. The molecule has 0 N–H and O–H groups in total. The molecule has 0 heterocycles. The van der Waals surface area contributed by atoms with E-state index in [-0.39, 0.29) is 11.7 Å². The number of halogens is 1. The highest BCUT2D eigenvalue weighted by molar-refractivity contribution is 5.16. The lowest BCUT2D eigenvalue weighted by atomic mass is 9.95. The molecule has 0 aromatic rings. The first kappa shape index (κ1) is 7.77. The summed E-state index contributed by atoms with van der Waals surface area (Å²) in [6.07, 6.45) is 1.91. The van der Waals surface area contributed by atoms with E-state index in [1.165, 1.54) is 0 Å². The average molecular weight is 142 g/mol. The number of hydrogen-bond donors (Lipinski definition) is 0. The molecule has 1 aliphatic carbocycles. The van der Waals surface area contributed by atoms with E-state index in [0.717, 1.165) is 18.4 Å². The first-order chi connectivity index (χ1) is 4.66. The van der Waals surface area contributed by atoms with Gasteiger partial charge in [-0.15, -0.1) is 0 Å². The third-order valence-corrected chi connectivity index (χ3v) is 2.49. The second kappa shape index (κ2) is 2.73. The van der Waals surface area contributed by atoms with Crippen LogP contribution in [0, 0.1) is 11.8 Å². The lowest BCUT2D eigenvalue weighted by molar-refractivity contribution is 0.375. The van der Waals surface area contributed by atoms with E-state index in [1.54, 1.807) is 0 Å². The van der Waals surface area contributed by atoms with E-state index < -0.39 is 0 Å². The van der Waals surface area contributed by atoms with E-state index >= 15 is 0 Å². The van der Waals surface area contributed by atoms with E-state index in [0.29, 0.717) is 5.92 Å². The first-order valence-electron chi connectivity index (χ1n) is 4.02. The van der Waals surface area contributed by atoms with Crippen LogP contribution >= 0.6 is 0 Å². The molecule has 0 saturated heterocycles. The van der Waals surface area contributed by atoms with Gasteiger partial charge in [0.05, 0.1) is 0 Å². The normalized spacial score (nSPS) is 33.6. The maximum atomic E-state index is 13.1. The van der Waals surface area contributed by atoms with Crippen molar-refractivity contribution in [1.82, 2.24) is 0 Å². The summed E-state index contributed by atoms with van der Waals surface area (Å²) in [6.45, 7) is 6.09. The van der Waals surface area contributed by atoms with Crippen molar-refractivity contribution in [3.63, 3.8) is 0 Å². The molecule has 0 aromatic carbocycles. The topological polar surface area (TPSA) is 0 Å². The largest absolute Gasteiger partial charge is 0.212 e. The van der Waals surface area contributed by atoms with Gasteiger partial charge in [-0.25, -0.2) is 4.39 Å². The first-order valence-corrected chi connectivity index (χ1v) is 4.02. The Hall–Kier alpha value is -0.330. The summed E-state index contributed by atoms with van der Waals surface area (Å²) in [6, 6.07) is 0. The average Bonchev–Trinajstić information content (AvgIpc) is 2.09. The summed E-state index contributed by atoms with van der Waals surface area (Å²) in [5, 5.41) is 0. The molecule has 0 fully saturated rings. The van der Waals surface area contributed by atoms with Crippen LogP contribution in [0.3, 0.4) is 0 Å². The molecule has 1 aliphatic rings. The second-order valence-corrected chi connectivity index (χ2v) is 3.32. The molecule has 1 rings (SSSR count). The van der Waals surface area contributed by atoms with Crippen molar-refractivity contribution < 1.29 is 4.39 Å². The van der Waals surface area contributed by atoms with Gasteiger partial charge in [0.25, 0.3) is 0 Å². The van der Waals surface area contributed by atoms with Gasteiger partial charge >= 0.3 is 0 Å². The Morgan fingerprint density at radius 2 is 2.20 bits per heavy atom. The van der Waals surface area contributed by atoms with Crippen molar-refractivity contribution in [2.24, 2.45) is 11.8 Å². The summed E-state index contributed by atoms with van der Waals surface area (Å²) in [7, 11) is 0. The molecule has 0 spiro atoms. The minimum absolute atomic E-state index is 0.162. The van der Waals surface area contributed by atoms with Crippen LogP contribution in [0.1, 0.15) is 33.6 Å². The molecular formula is C9H15F. The van der Waals surface area contributed by atoms with Gasteiger partial charge in [-0.3, -0.25) is 0 Å². The molecule has 2 unspecified atom stereocenters. The lowest BCUT2D eigenvalue weighted by Gasteiger charge is -2.11. The van der Waals surface area contributed by atoms with E-state index in [4.69, 9.17) is 0 Å². The van der Waals surface area contributed by atoms with Crippen LogP contribution in [-0.4, -0.2) is 0 Å². The van der Waals surface area contributed by atoms with Crippen LogP contribution in [0.25, 0.3) is 0 Å². The van der Waals surface area contributed by atoms with Crippen molar-refractivity contribution in [2.45, 2.75) is 33.6 Å². The molecule has 0 nitrogen and oxygen atoms in total. The van der Waals surface area contributed by atoms with E-state index in [1.807, 2.05) is 6.92 Å². The van der Waals surface area contributed by atoms with Gasteiger partial charge in [-0.05, 0) is 31.3 Å². The van der Waals surface area contributed by atoms with Gasteiger partial charge in [0.2, 0.25) is 0 Å². The Morgan fingerprint density at radius 3 is 2.40 bits per heavy atom. The summed E-state index contributed by atoms with van der Waals surface area (Å²) in [5.74, 6) is 0.917. The number of rotatable bonds is 1. The molecule has 1 heteroatoms. The molecule has 2 atom stereocenters. The zero-order valence-electron chi connectivity index (χ0n) is 6.95. The molecule has 0 bridgehead atoms. The van der Waals surface area contributed by atoms with Gasteiger partial charge in [-0.1, -0.05) is 13.8 Å². The molecule has 0 amide bonds. The summed E-state index contributed by atoms with van der Waals surface area (Å²) >= 11 is 0. The van der Waals surface area contributed by atoms with Crippen LogP contribution in [0.2, 0.25) is 0 Å². The monoisotopic (exact) mass is 142 g/mol. The van der Waals surface area contributed by atoms with Crippen molar-refractivity contribution >= 4 is 0 Å². The van der Waals surface area contributed by atoms with Crippen molar-refractivity contribution in [3.05, 3.63) is 11.4 Å². The fourth-order valence-corrected chi connectivity index (χ4v) is 1.87. The zero-order valence-corrected chi connectivity index (χ0v) is 6.95. The summed E-state index contributed by atoms with van der Waals surface area (Å²) in [4.78, 5) is 0. The minimum Gasteiger partial charge on any atom is -0.212 e. The van der Waals surface area contributed by atoms with Gasteiger partial charge in [0.1, 0.15) is 5.83 Å². The molecule has 0 saturated carbocycles. The molecule has 0 radical (unpaired) electrons. The standard InChI is InChI=1S/C9H15F/c1-4-8-6(2)5-7(3)9(8)10/h6,8H,4-5H2,1-3H3. The number of hydrogen-bond acceptors (Lipinski definition) is 0. The highest BCUT2D eigenvalue weighted by Crippen LogP contribution is 2.38. The molecule has 0 aromatic heterocycles. The van der Waals surface area contributed by atoms with Crippen LogP contribution in [0.4, 0.5) is 4.39 Å². The number of allylic oxidation sites excluding steroid dienone is 2. The SMILES string of the molecule is CCC1C(F)=C(C)CC1C. The highest BCUT2D eigenvalue weighted by Gasteiger charge is 2.28. The van der Waals surface area contributed by atoms with E-state index in [2.05, 4.69) is 13.8 Å². The third kappa shape index (κ3) is 1.09. The van der Waals surface area contributed by atoms with Crippen LogP contribution < -0.4 is 0 Å². The smallest absolute Gasteiger partial charge is 0.102 e. The maximum Gasteiger partial charge on any atom is 0.102 e. The van der Waals surface area contributed by atoms with Gasteiger partial charge in [0.15, 0.2) is 0 Å². The second-order valence-electron chi connectivity index (χ2n) is 3.32. The summed E-state index contributed by atoms with van der Waals surface area (Å²) < 4.78 is 13.1. The molecule has 10 heavy (non-hydrogen) atoms. The van der Waals surface area contributed by atoms with Gasteiger partial charge in [-0.2, -0.15) is 0 Å². The molecule has 0 aliphatic heterocycles. The van der Waals surface area contributed by atoms with Crippen molar-refractivity contribution in [3.8, 4) is 0 Å². The Kier molecular flexibility index (Phi) is 2.12. The van der Waals surface area contributed by atoms with Crippen LogP contribution in [-0.2, 0) is 0 Å². The Balaban J connectivity index is 2.72. The predicted molar refractivity (Wildman–Crippen MR) is 41.4 cm³/mol. The predicted octanol–water partition coefficient (Wildman–Crippen LogP) is 3.30. The van der Waals surface area contributed by atoms with Gasteiger partial charge in [0, 0.05) is 5.92 Å². The Labute approximate surface area is 62.1 Å². The Morgan fingerprint density at radius 1 is 1.60 bits per heavy atom. The molecular weight excluding hydrogens is 127 g/mol. The van der Waals surface area contributed by atoms with Crippen molar-refractivity contribution in [1.29, 1.82) is 0 Å². The van der Waals surface area contributed by atoms with Crippen LogP contribution in [0.15, 0.2) is 11.4 Å². The van der Waals surface area contributed by atoms with Crippen LogP contribution in [0.5, 0.6) is 0 Å². The highest BCUT2D eigenvalue weighted by atomic mass is 19.1. The Bertz CT molecular complexity index is 158. The van der Waals surface area contributed by atoms with Crippen molar-refractivity contribution in [2.75, 3.05) is 0 Å². The zero-order chi connectivity index (χ0) is 7.72. The molecule has 58 valence electrons. The summed E-state index contributed by atoms with van der Waals surface area (Å²) in [5.41, 5.74) is 0.972. The third-order valence-electron chi connectivity index (χ3n) is 2.49. The fraction of sp³-hybridized carbons (Fsp3) is 0.778. The van der Waals surface area contributed by atoms with Gasteiger partial charge < -0.3 is 0 Å². The van der Waals surface area contributed by atoms with E-state index in [9.17, 15) is 4.39 Å². The minimum atomic E-state index is 0.162. The fourth-order valence-electron chi connectivity index (χ4n) is 1.87. The quantitative estimate of drug-likeness (QED) is 0.527.